The molecule has 2 N–H and O–H groups in total. The topological polar surface area (TPSA) is 156 Å². The van der Waals surface area contributed by atoms with Crippen LogP contribution in [0.1, 0.15) is 15.9 Å². The molecule has 12 nitrogen and oxygen atoms in total. The number of hydrogen-bond donors (Lipinski definition) is 2. The number of nitrogens with one attached hydrogen (secondary N) is 2. The molecule has 0 aliphatic heterocycles. The molecule has 0 spiro atoms. The molecule has 1 aromatic heterocycles. The van der Waals surface area contributed by atoms with Crippen molar-refractivity contribution in [2.75, 3.05) is 17.4 Å². The molecule has 1 heterocycles. The van der Waals surface area contributed by atoms with Gasteiger partial charge in [0.25, 0.3) is 11.6 Å². The van der Waals surface area contributed by atoms with E-state index < -0.39 is 21.4 Å². The Labute approximate surface area is 175 Å². The van der Waals surface area contributed by atoms with Crippen LogP contribution >= 0.6 is 0 Å². The van der Waals surface area contributed by atoms with Gasteiger partial charge in [-0.2, -0.15) is 0 Å². The van der Waals surface area contributed by atoms with Gasteiger partial charge in [0.1, 0.15) is 6.33 Å². The lowest BCUT2D eigenvalue weighted by Crippen LogP contribution is -2.30. The number of hydrazine groups is 1. The van der Waals surface area contributed by atoms with Gasteiger partial charge in [-0.3, -0.25) is 35.9 Å². The van der Waals surface area contributed by atoms with E-state index in [2.05, 4.69) is 20.8 Å². The Bertz CT molecular complexity index is 1110. The SMILES string of the molecule is CN(Cc1ccccc1)c1ncnc(NNC(=O)c2ccc([N+](=O)[O-])cc2)c1[N+](=O)[O-]. The second-order valence-corrected chi connectivity index (χ2v) is 6.38. The van der Waals surface area contributed by atoms with Crippen molar-refractivity contribution >= 4 is 28.9 Å². The standard InChI is InChI=1S/C19H17N7O5/c1-24(11-13-5-3-2-4-6-13)18-16(26(30)31)17(20-12-21-18)22-23-19(27)14-7-9-15(10-8-14)25(28)29/h2-10,12H,11H2,1H3,(H,23,27)(H,20,21,22). The smallest absolute Gasteiger partial charge is 0.349 e. The summed E-state index contributed by atoms with van der Waals surface area (Å²) in [6.45, 7) is 0.368. The van der Waals surface area contributed by atoms with Gasteiger partial charge in [0, 0.05) is 31.3 Å². The molecule has 0 saturated heterocycles. The van der Waals surface area contributed by atoms with Crippen molar-refractivity contribution in [3.05, 3.63) is 92.3 Å². The third-order valence-electron chi connectivity index (χ3n) is 4.24. The lowest BCUT2D eigenvalue weighted by Gasteiger charge is -2.19. The summed E-state index contributed by atoms with van der Waals surface area (Å²) >= 11 is 0. The Balaban J connectivity index is 1.78. The molecule has 0 bridgehead atoms. The lowest BCUT2D eigenvalue weighted by molar-refractivity contribution is -0.384. The van der Waals surface area contributed by atoms with Gasteiger partial charge >= 0.3 is 5.69 Å². The van der Waals surface area contributed by atoms with E-state index in [9.17, 15) is 25.0 Å². The van der Waals surface area contributed by atoms with E-state index in [1.807, 2.05) is 30.3 Å². The predicted octanol–water partition coefficient (Wildman–Crippen LogP) is 2.69. The highest BCUT2D eigenvalue weighted by Gasteiger charge is 2.26. The summed E-state index contributed by atoms with van der Waals surface area (Å²) in [7, 11) is 1.65. The van der Waals surface area contributed by atoms with Gasteiger partial charge in [-0.1, -0.05) is 30.3 Å². The predicted molar refractivity (Wildman–Crippen MR) is 111 cm³/mol. The molecule has 3 rings (SSSR count). The van der Waals surface area contributed by atoms with E-state index in [1.165, 1.54) is 24.3 Å². The van der Waals surface area contributed by atoms with Crippen LogP contribution in [0.5, 0.6) is 0 Å². The molecule has 0 radical (unpaired) electrons. The number of carbonyl (C=O) groups is 1. The average molecular weight is 423 g/mol. The van der Waals surface area contributed by atoms with Crippen molar-refractivity contribution in [1.82, 2.24) is 15.4 Å². The minimum atomic E-state index is -0.651. The van der Waals surface area contributed by atoms with Crippen LogP contribution in [-0.2, 0) is 6.54 Å². The maximum atomic E-state index is 12.3. The number of nitrogens with zero attached hydrogens (tertiary/aromatic N) is 5. The minimum absolute atomic E-state index is 0.0657. The third-order valence-corrected chi connectivity index (χ3v) is 4.24. The maximum Gasteiger partial charge on any atom is 0.355 e. The zero-order valence-corrected chi connectivity index (χ0v) is 16.3. The highest BCUT2D eigenvalue weighted by Crippen LogP contribution is 2.31. The number of benzene rings is 2. The number of nitro groups is 2. The van der Waals surface area contributed by atoms with E-state index in [4.69, 9.17) is 0 Å². The zero-order valence-electron chi connectivity index (χ0n) is 16.3. The minimum Gasteiger partial charge on any atom is -0.349 e. The molecule has 31 heavy (non-hydrogen) atoms. The number of amides is 1. The molecule has 158 valence electrons. The molecule has 0 aliphatic carbocycles. The molecular formula is C19H17N7O5. The molecular weight excluding hydrogens is 406 g/mol. The number of hydrogen-bond acceptors (Lipinski definition) is 9. The van der Waals surface area contributed by atoms with Gasteiger partial charge in [0.15, 0.2) is 0 Å². The lowest BCUT2D eigenvalue weighted by atomic mass is 10.2. The van der Waals surface area contributed by atoms with Crippen molar-refractivity contribution in [3.8, 4) is 0 Å². The fraction of sp³-hybridized carbons (Fsp3) is 0.105. The first-order valence-electron chi connectivity index (χ1n) is 8.92. The van der Waals surface area contributed by atoms with E-state index in [0.717, 1.165) is 11.9 Å². The summed E-state index contributed by atoms with van der Waals surface area (Å²) in [4.78, 5) is 42.9. The Hall–Kier alpha value is -4.61. The van der Waals surface area contributed by atoms with Gasteiger partial charge < -0.3 is 4.90 Å². The summed E-state index contributed by atoms with van der Waals surface area (Å²) in [5, 5.41) is 22.4. The van der Waals surface area contributed by atoms with E-state index in [-0.39, 0.29) is 22.9 Å². The molecule has 0 unspecified atom stereocenters. The summed E-state index contributed by atoms with van der Waals surface area (Å²) in [6.07, 6.45) is 1.14. The van der Waals surface area contributed by atoms with Gasteiger partial charge in [0.05, 0.1) is 9.85 Å². The molecule has 0 aliphatic rings. The Morgan fingerprint density at radius 3 is 2.29 bits per heavy atom. The van der Waals surface area contributed by atoms with Gasteiger partial charge in [-0.25, -0.2) is 9.97 Å². The largest absolute Gasteiger partial charge is 0.355 e. The average Bonchev–Trinajstić information content (AvgIpc) is 2.77. The number of anilines is 2. The van der Waals surface area contributed by atoms with E-state index >= 15 is 0 Å². The number of nitro benzene ring substituents is 1. The first-order chi connectivity index (χ1) is 14.9. The normalized spacial score (nSPS) is 10.2. The first kappa shape index (κ1) is 21.1. The van der Waals surface area contributed by atoms with Crippen LogP contribution in [0.15, 0.2) is 60.9 Å². The Morgan fingerprint density at radius 2 is 1.68 bits per heavy atom. The summed E-state index contributed by atoms with van der Waals surface area (Å²) in [6, 6.07) is 14.2. The highest BCUT2D eigenvalue weighted by molar-refractivity contribution is 5.95. The highest BCUT2D eigenvalue weighted by atomic mass is 16.6. The summed E-state index contributed by atoms with van der Waals surface area (Å²) < 4.78 is 0. The van der Waals surface area contributed by atoms with Crippen molar-refractivity contribution in [2.24, 2.45) is 0 Å². The Kier molecular flexibility index (Phi) is 6.30. The second kappa shape index (κ2) is 9.26. The molecule has 0 fully saturated rings. The van der Waals surface area contributed by atoms with Gasteiger partial charge in [-0.15, -0.1) is 0 Å². The number of rotatable bonds is 8. The number of aromatic nitrogens is 2. The second-order valence-electron chi connectivity index (χ2n) is 6.38. The van der Waals surface area contributed by atoms with E-state index in [0.29, 0.717) is 6.54 Å². The van der Waals surface area contributed by atoms with Crippen molar-refractivity contribution < 1.29 is 14.6 Å². The maximum absolute atomic E-state index is 12.3. The first-order valence-corrected chi connectivity index (χ1v) is 8.92. The number of non-ortho nitro benzene ring substituents is 1. The van der Waals surface area contributed by atoms with Crippen LogP contribution in [0.3, 0.4) is 0 Å². The molecule has 3 aromatic rings. The van der Waals surface area contributed by atoms with Crippen LogP contribution < -0.4 is 15.8 Å². The monoisotopic (exact) mass is 423 g/mol. The van der Waals surface area contributed by atoms with Crippen molar-refractivity contribution in [2.45, 2.75) is 6.54 Å². The van der Waals surface area contributed by atoms with E-state index in [1.54, 1.807) is 11.9 Å². The zero-order chi connectivity index (χ0) is 22.4. The van der Waals surface area contributed by atoms with Gasteiger partial charge in [0.2, 0.25) is 11.6 Å². The quantitative estimate of drug-likeness (QED) is 0.410. The van der Waals surface area contributed by atoms with Crippen LogP contribution in [0.2, 0.25) is 0 Å². The summed E-state index contributed by atoms with van der Waals surface area (Å²) in [5.74, 6) is -0.789. The molecule has 0 atom stereocenters. The van der Waals surface area contributed by atoms with Crippen LogP contribution in [0.4, 0.5) is 23.0 Å². The molecule has 0 saturated carbocycles. The fourth-order valence-electron chi connectivity index (χ4n) is 2.76. The van der Waals surface area contributed by atoms with Gasteiger partial charge in [-0.05, 0) is 17.7 Å². The molecule has 12 heteroatoms. The van der Waals surface area contributed by atoms with Crippen LogP contribution in [0.25, 0.3) is 0 Å². The molecule has 2 aromatic carbocycles. The fourth-order valence-corrected chi connectivity index (χ4v) is 2.76. The number of carbonyl (C=O) groups excluding carboxylic acids is 1. The Morgan fingerprint density at radius 1 is 1.00 bits per heavy atom. The third kappa shape index (κ3) is 5.06. The summed E-state index contributed by atoms with van der Waals surface area (Å²) in [5.41, 5.74) is 5.21. The van der Waals surface area contributed by atoms with Crippen LogP contribution in [-0.4, -0.2) is 32.8 Å². The molecule has 1 amide bonds. The van der Waals surface area contributed by atoms with Crippen molar-refractivity contribution in [1.29, 1.82) is 0 Å². The van der Waals surface area contributed by atoms with Crippen molar-refractivity contribution in [3.63, 3.8) is 0 Å². The van der Waals surface area contributed by atoms with Crippen LogP contribution in [0, 0.1) is 20.2 Å².